The van der Waals surface area contributed by atoms with Crippen LogP contribution in [0.25, 0.3) is 0 Å². The van der Waals surface area contributed by atoms with Crippen molar-refractivity contribution >= 4 is 23.2 Å². The smallest absolute Gasteiger partial charge is 0.253 e. The van der Waals surface area contributed by atoms with Crippen molar-refractivity contribution in [1.82, 2.24) is 10.2 Å². The monoisotopic (exact) mass is 370 g/mol. The van der Waals surface area contributed by atoms with Gasteiger partial charge in [0.2, 0.25) is 5.91 Å². The molecule has 1 aliphatic heterocycles. The first-order valence-electron chi connectivity index (χ1n) is 9.30. The Bertz CT molecular complexity index is 715. The third-order valence-corrected chi connectivity index (χ3v) is 6.09. The maximum atomic E-state index is 12.7. The molecular weight excluding hydrogens is 344 g/mol. The molecule has 1 aromatic carbocycles. The molecule has 3 rings (SSSR count). The lowest BCUT2D eigenvalue weighted by Crippen LogP contribution is -2.44. The molecule has 1 aromatic heterocycles. The quantitative estimate of drug-likeness (QED) is 0.837. The van der Waals surface area contributed by atoms with Crippen LogP contribution >= 0.6 is 11.3 Å². The molecule has 2 amide bonds. The molecule has 1 fully saturated rings. The summed E-state index contributed by atoms with van der Waals surface area (Å²) in [6.45, 7) is 4.23. The maximum absolute atomic E-state index is 12.7. The molecule has 0 saturated carbocycles. The molecule has 26 heavy (non-hydrogen) atoms. The number of rotatable bonds is 6. The Balaban J connectivity index is 1.52. The highest BCUT2D eigenvalue weighted by molar-refractivity contribution is 7.09. The Morgan fingerprint density at radius 3 is 2.65 bits per heavy atom. The van der Waals surface area contributed by atoms with Crippen LogP contribution in [0, 0.1) is 11.8 Å². The highest BCUT2D eigenvalue weighted by atomic mass is 32.1. The van der Waals surface area contributed by atoms with Gasteiger partial charge in [-0.3, -0.25) is 9.59 Å². The summed E-state index contributed by atoms with van der Waals surface area (Å²) >= 11 is 1.66. The van der Waals surface area contributed by atoms with Crippen LogP contribution in [0.1, 0.15) is 41.4 Å². The molecule has 0 spiro atoms. The first-order chi connectivity index (χ1) is 12.7. The second-order valence-electron chi connectivity index (χ2n) is 6.89. The van der Waals surface area contributed by atoms with Gasteiger partial charge < -0.3 is 10.2 Å². The van der Waals surface area contributed by atoms with E-state index < -0.39 is 0 Å². The largest absolute Gasteiger partial charge is 0.351 e. The van der Waals surface area contributed by atoms with E-state index in [1.54, 1.807) is 11.3 Å². The predicted octanol–water partition coefficient (Wildman–Crippen LogP) is 3.94. The summed E-state index contributed by atoms with van der Waals surface area (Å²) in [7, 11) is 0. The van der Waals surface area contributed by atoms with Crippen LogP contribution in [0.3, 0.4) is 0 Å². The van der Waals surface area contributed by atoms with Crippen LogP contribution in [-0.2, 0) is 11.3 Å². The number of benzene rings is 1. The first-order valence-corrected chi connectivity index (χ1v) is 10.2. The fraction of sp³-hybridized carbons (Fsp3) is 0.429. The van der Waals surface area contributed by atoms with Crippen molar-refractivity contribution in [3.63, 3.8) is 0 Å². The van der Waals surface area contributed by atoms with Gasteiger partial charge in [0.05, 0.1) is 6.54 Å². The minimum atomic E-state index is 0.102. The SMILES string of the molecule is CC[C@@H]1CN(C(=O)c2ccccc2)CC[C@H]1CC(=O)NCc1cccs1. The minimum Gasteiger partial charge on any atom is -0.351 e. The maximum Gasteiger partial charge on any atom is 0.253 e. The van der Waals surface area contributed by atoms with E-state index in [4.69, 9.17) is 0 Å². The van der Waals surface area contributed by atoms with E-state index >= 15 is 0 Å². The molecule has 138 valence electrons. The van der Waals surface area contributed by atoms with Crippen LogP contribution in [0.15, 0.2) is 47.8 Å². The number of hydrogen-bond donors (Lipinski definition) is 1. The Kier molecular flexibility index (Phi) is 6.45. The first kappa shape index (κ1) is 18.6. The van der Waals surface area contributed by atoms with Crippen molar-refractivity contribution in [3.8, 4) is 0 Å². The number of nitrogens with one attached hydrogen (secondary N) is 1. The standard InChI is InChI=1S/C21H26N2O2S/c1-2-16-15-23(21(25)17-7-4-3-5-8-17)11-10-18(16)13-20(24)22-14-19-9-6-12-26-19/h3-9,12,16,18H,2,10-11,13-15H2,1H3,(H,22,24)/t16-,18+/m1/s1. The second-order valence-corrected chi connectivity index (χ2v) is 7.93. The highest BCUT2D eigenvalue weighted by Crippen LogP contribution is 2.29. The van der Waals surface area contributed by atoms with E-state index in [0.29, 0.717) is 24.8 Å². The highest BCUT2D eigenvalue weighted by Gasteiger charge is 2.31. The van der Waals surface area contributed by atoms with Crippen LogP contribution < -0.4 is 5.32 Å². The topological polar surface area (TPSA) is 49.4 Å². The molecule has 1 aliphatic rings. The van der Waals surface area contributed by atoms with Crippen molar-refractivity contribution in [3.05, 3.63) is 58.3 Å². The Hall–Kier alpha value is -2.14. The summed E-state index contributed by atoms with van der Waals surface area (Å²) in [5, 5.41) is 5.05. The third kappa shape index (κ3) is 4.73. The molecule has 0 aliphatic carbocycles. The molecule has 0 bridgehead atoms. The van der Waals surface area contributed by atoms with Crippen molar-refractivity contribution in [2.75, 3.05) is 13.1 Å². The fourth-order valence-electron chi connectivity index (χ4n) is 3.67. The number of thiophene rings is 1. The summed E-state index contributed by atoms with van der Waals surface area (Å²) < 4.78 is 0. The van der Waals surface area contributed by atoms with Gasteiger partial charge in [-0.25, -0.2) is 0 Å². The molecule has 2 heterocycles. The van der Waals surface area contributed by atoms with Crippen LogP contribution in [0.2, 0.25) is 0 Å². The van der Waals surface area contributed by atoms with Crippen molar-refractivity contribution in [2.24, 2.45) is 11.8 Å². The number of carbonyl (C=O) groups is 2. The van der Waals surface area contributed by atoms with Gasteiger partial charge in [-0.1, -0.05) is 37.6 Å². The van der Waals surface area contributed by atoms with Crippen molar-refractivity contribution < 1.29 is 9.59 Å². The van der Waals surface area contributed by atoms with E-state index in [-0.39, 0.29) is 11.8 Å². The van der Waals surface area contributed by atoms with Gasteiger partial charge >= 0.3 is 0 Å². The van der Waals surface area contributed by atoms with Crippen LogP contribution in [-0.4, -0.2) is 29.8 Å². The molecule has 0 radical (unpaired) electrons. The lowest BCUT2D eigenvalue weighted by atomic mass is 9.81. The summed E-state index contributed by atoms with van der Waals surface area (Å²) in [6, 6.07) is 13.5. The number of hydrogen-bond acceptors (Lipinski definition) is 3. The van der Waals surface area contributed by atoms with Crippen molar-refractivity contribution in [1.29, 1.82) is 0 Å². The lowest BCUT2D eigenvalue weighted by molar-refractivity contribution is -0.123. The Morgan fingerprint density at radius 1 is 1.15 bits per heavy atom. The average molecular weight is 371 g/mol. The summed E-state index contributed by atoms with van der Waals surface area (Å²) in [5.74, 6) is 0.946. The van der Waals surface area contributed by atoms with Gasteiger partial charge in [0.25, 0.3) is 5.91 Å². The fourth-order valence-corrected chi connectivity index (χ4v) is 4.31. The van der Waals surface area contributed by atoms with Gasteiger partial charge in [-0.2, -0.15) is 0 Å². The predicted molar refractivity (Wildman–Crippen MR) is 105 cm³/mol. The number of nitrogens with zero attached hydrogens (tertiary/aromatic N) is 1. The number of piperidine rings is 1. The van der Waals surface area contributed by atoms with E-state index in [0.717, 1.165) is 31.5 Å². The zero-order valence-electron chi connectivity index (χ0n) is 15.2. The van der Waals surface area contributed by atoms with Crippen LogP contribution in [0.5, 0.6) is 0 Å². The van der Waals surface area contributed by atoms with Gasteiger partial charge in [0.1, 0.15) is 0 Å². The number of amides is 2. The molecule has 0 unspecified atom stereocenters. The zero-order chi connectivity index (χ0) is 18.4. The number of carbonyl (C=O) groups excluding carboxylic acids is 2. The summed E-state index contributed by atoms with van der Waals surface area (Å²) in [5.41, 5.74) is 0.745. The van der Waals surface area contributed by atoms with Gasteiger partial charge in [0.15, 0.2) is 0 Å². The third-order valence-electron chi connectivity index (χ3n) is 5.21. The van der Waals surface area contributed by atoms with Crippen molar-refractivity contribution in [2.45, 2.75) is 32.7 Å². The molecular formula is C21H26N2O2S. The van der Waals surface area contributed by atoms with E-state index in [1.807, 2.05) is 52.7 Å². The van der Waals surface area contributed by atoms with Gasteiger partial charge in [-0.05, 0) is 41.8 Å². The Morgan fingerprint density at radius 2 is 1.96 bits per heavy atom. The van der Waals surface area contributed by atoms with E-state index in [1.165, 1.54) is 4.88 Å². The zero-order valence-corrected chi connectivity index (χ0v) is 16.0. The van der Waals surface area contributed by atoms with Gasteiger partial charge in [-0.15, -0.1) is 11.3 Å². The molecule has 5 heteroatoms. The lowest BCUT2D eigenvalue weighted by Gasteiger charge is -2.38. The summed E-state index contributed by atoms with van der Waals surface area (Å²) in [6.07, 6.45) is 2.43. The molecule has 2 atom stereocenters. The molecule has 2 aromatic rings. The number of likely N-dealkylation sites (tertiary alicyclic amines) is 1. The molecule has 1 saturated heterocycles. The molecule has 1 N–H and O–H groups in total. The minimum absolute atomic E-state index is 0.102. The van der Waals surface area contributed by atoms with E-state index in [2.05, 4.69) is 12.2 Å². The van der Waals surface area contributed by atoms with Crippen LogP contribution in [0.4, 0.5) is 0 Å². The second kappa shape index (κ2) is 8.99. The van der Waals surface area contributed by atoms with Gasteiger partial charge in [0, 0.05) is 30.0 Å². The summed E-state index contributed by atoms with van der Waals surface area (Å²) in [4.78, 5) is 28.1. The normalized spacial score (nSPS) is 20.0. The average Bonchev–Trinajstić information content (AvgIpc) is 3.20. The molecule has 4 nitrogen and oxygen atoms in total. The van der Waals surface area contributed by atoms with E-state index in [9.17, 15) is 9.59 Å². The Labute approximate surface area is 159 Å².